The van der Waals surface area contributed by atoms with Crippen LogP contribution in [0.4, 0.5) is 0 Å². The summed E-state index contributed by atoms with van der Waals surface area (Å²) in [5, 5.41) is 5.81. The maximum Gasteiger partial charge on any atom is 0.277 e. The van der Waals surface area contributed by atoms with Crippen LogP contribution >= 0.6 is 34.8 Å². The third kappa shape index (κ3) is 3.56. The van der Waals surface area contributed by atoms with Crippen LogP contribution in [0.5, 0.6) is 0 Å². The lowest BCUT2D eigenvalue weighted by molar-refractivity contribution is 0.422. The van der Waals surface area contributed by atoms with Crippen molar-refractivity contribution in [3.63, 3.8) is 0 Å². The number of aromatic nitrogens is 4. The lowest BCUT2D eigenvalue weighted by atomic mass is 10.1. The van der Waals surface area contributed by atoms with E-state index < -0.39 is 0 Å². The molecule has 8 heteroatoms. The van der Waals surface area contributed by atoms with E-state index in [1.54, 1.807) is 12.1 Å². The number of imidazole rings is 1. The predicted molar refractivity (Wildman–Crippen MR) is 118 cm³/mol. The SMILES string of the molecule is Clc1ccc(-c2nc3ccccn3c2-c2nc(Cc3ccc(Cl)c(Cl)c3)no2)cc1. The molecule has 0 amide bonds. The van der Waals surface area contributed by atoms with Gasteiger partial charge >= 0.3 is 0 Å². The summed E-state index contributed by atoms with van der Waals surface area (Å²) in [4.78, 5) is 9.38. The minimum Gasteiger partial charge on any atom is -0.332 e. The van der Waals surface area contributed by atoms with Gasteiger partial charge in [0.2, 0.25) is 0 Å². The average molecular weight is 456 g/mol. The topological polar surface area (TPSA) is 56.2 Å². The third-order valence-electron chi connectivity index (χ3n) is 4.66. The summed E-state index contributed by atoms with van der Waals surface area (Å²) in [5.41, 5.74) is 4.08. The third-order valence-corrected chi connectivity index (χ3v) is 5.66. The number of fused-ring (bicyclic) bond motifs is 1. The van der Waals surface area contributed by atoms with Crippen LogP contribution in [0, 0.1) is 0 Å². The second-order valence-electron chi connectivity index (χ2n) is 6.69. The lowest BCUT2D eigenvalue weighted by Crippen LogP contribution is -1.93. The van der Waals surface area contributed by atoms with Crippen LogP contribution in [-0.4, -0.2) is 19.5 Å². The summed E-state index contributed by atoms with van der Waals surface area (Å²) in [7, 11) is 0. The van der Waals surface area contributed by atoms with E-state index in [2.05, 4.69) is 10.1 Å². The van der Waals surface area contributed by atoms with Crippen molar-refractivity contribution in [2.45, 2.75) is 6.42 Å². The number of pyridine rings is 1. The molecule has 0 saturated heterocycles. The Balaban J connectivity index is 1.58. The summed E-state index contributed by atoms with van der Waals surface area (Å²) < 4.78 is 7.55. The van der Waals surface area contributed by atoms with E-state index in [0.29, 0.717) is 33.2 Å². The average Bonchev–Trinajstić information content (AvgIpc) is 3.35. The first-order chi connectivity index (χ1) is 14.6. The summed E-state index contributed by atoms with van der Waals surface area (Å²) in [6.45, 7) is 0. The number of benzene rings is 2. The van der Waals surface area contributed by atoms with Crippen LogP contribution in [0.25, 0.3) is 28.5 Å². The molecule has 5 nitrogen and oxygen atoms in total. The lowest BCUT2D eigenvalue weighted by Gasteiger charge is -2.01. The molecule has 3 heterocycles. The molecule has 0 aliphatic heterocycles. The van der Waals surface area contributed by atoms with Crippen LogP contribution in [-0.2, 0) is 6.42 Å². The normalized spacial score (nSPS) is 11.3. The smallest absolute Gasteiger partial charge is 0.277 e. The van der Waals surface area contributed by atoms with Gasteiger partial charge < -0.3 is 4.52 Å². The van der Waals surface area contributed by atoms with Gasteiger partial charge in [0, 0.05) is 23.2 Å². The van der Waals surface area contributed by atoms with Gasteiger partial charge in [0.15, 0.2) is 5.82 Å². The Hall–Kier alpha value is -2.86. The highest BCUT2D eigenvalue weighted by Gasteiger charge is 2.21. The van der Waals surface area contributed by atoms with Gasteiger partial charge in [0.1, 0.15) is 17.0 Å². The number of nitrogens with zero attached hydrogens (tertiary/aromatic N) is 4. The van der Waals surface area contributed by atoms with Gasteiger partial charge in [-0.3, -0.25) is 4.40 Å². The van der Waals surface area contributed by atoms with E-state index in [1.165, 1.54) is 0 Å². The van der Waals surface area contributed by atoms with Crippen molar-refractivity contribution in [3.05, 3.63) is 93.3 Å². The quantitative estimate of drug-likeness (QED) is 0.306. The molecule has 30 heavy (non-hydrogen) atoms. The Bertz CT molecular complexity index is 1360. The van der Waals surface area contributed by atoms with Crippen molar-refractivity contribution in [2.75, 3.05) is 0 Å². The molecular weight excluding hydrogens is 443 g/mol. The largest absolute Gasteiger partial charge is 0.332 e. The molecule has 0 spiro atoms. The molecule has 5 rings (SSSR count). The van der Waals surface area contributed by atoms with Crippen LogP contribution in [0.15, 0.2) is 71.4 Å². The fraction of sp³-hybridized carbons (Fsp3) is 0.0455. The zero-order valence-corrected chi connectivity index (χ0v) is 17.7. The molecule has 2 aromatic carbocycles. The summed E-state index contributed by atoms with van der Waals surface area (Å²) in [5.74, 6) is 0.921. The van der Waals surface area contributed by atoms with Gasteiger partial charge in [0.25, 0.3) is 5.89 Å². The van der Waals surface area contributed by atoms with Crippen molar-refractivity contribution in [3.8, 4) is 22.8 Å². The van der Waals surface area contributed by atoms with Crippen LogP contribution in [0.2, 0.25) is 15.1 Å². The maximum atomic E-state index is 6.11. The molecule has 5 aromatic rings. The van der Waals surface area contributed by atoms with E-state index in [9.17, 15) is 0 Å². The van der Waals surface area contributed by atoms with Crippen molar-refractivity contribution >= 4 is 40.4 Å². The van der Waals surface area contributed by atoms with Crippen LogP contribution < -0.4 is 0 Å². The standard InChI is InChI=1S/C22H13Cl3N4O/c23-15-7-5-14(6-8-15)20-21(29-10-2-1-3-19(29)27-20)22-26-18(28-30-22)12-13-4-9-16(24)17(25)11-13/h1-11H,12H2. The minimum absolute atomic E-state index is 0.383. The van der Waals surface area contributed by atoms with Crippen molar-refractivity contribution in [1.82, 2.24) is 19.5 Å². The highest BCUT2D eigenvalue weighted by atomic mass is 35.5. The molecule has 148 valence electrons. The molecule has 0 aliphatic carbocycles. The second-order valence-corrected chi connectivity index (χ2v) is 7.94. The summed E-state index contributed by atoms with van der Waals surface area (Å²) in [6.07, 6.45) is 2.38. The van der Waals surface area contributed by atoms with Crippen molar-refractivity contribution in [1.29, 1.82) is 0 Å². The highest BCUT2D eigenvalue weighted by molar-refractivity contribution is 6.42. The Morgan fingerprint density at radius 2 is 1.70 bits per heavy atom. The van der Waals surface area contributed by atoms with Crippen LogP contribution in [0.3, 0.4) is 0 Å². The Morgan fingerprint density at radius 1 is 0.867 bits per heavy atom. The zero-order chi connectivity index (χ0) is 20.7. The molecular formula is C22H13Cl3N4O. The fourth-order valence-electron chi connectivity index (χ4n) is 3.26. The monoisotopic (exact) mass is 454 g/mol. The van der Waals surface area contributed by atoms with E-state index in [-0.39, 0.29) is 0 Å². The second kappa shape index (κ2) is 7.76. The van der Waals surface area contributed by atoms with E-state index in [1.807, 2.05) is 59.1 Å². The van der Waals surface area contributed by atoms with Gasteiger partial charge in [-0.25, -0.2) is 4.98 Å². The van der Waals surface area contributed by atoms with Gasteiger partial charge in [-0.2, -0.15) is 4.98 Å². The number of rotatable bonds is 4. The summed E-state index contributed by atoms with van der Waals surface area (Å²) in [6, 6.07) is 18.7. The predicted octanol–water partition coefficient (Wildman–Crippen LogP) is 6.60. The van der Waals surface area contributed by atoms with Crippen molar-refractivity contribution < 1.29 is 4.52 Å². The maximum absolute atomic E-state index is 6.11. The minimum atomic E-state index is 0.383. The number of hydrogen-bond donors (Lipinski definition) is 0. The Labute approximate surface area is 186 Å². The Morgan fingerprint density at radius 3 is 2.50 bits per heavy atom. The van der Waals surface area contributed by atoms with E-state index in [0.717, 1.165) is 28.2 Å². The van der Waals surface area contributed by atoms with Gasteiger partial charge in [-0.15, -0.1) is 0 Å². The molecule has 0 saturated carbocycles. The highest BCUT2D eigenvalue weighted by Crippen LogP contribution is 2.33. The number of halogens is 3. The van der Waals surface area contributed by atoms with E-state index in [4.69, 9.17) is 44.3 Å². The fourth-order valence-corrected chi connectivity index (χ4v) is 3.71. The molecule has 0 radical (unpaired) electrons. The first-order valence-corrected chi connectivity index (χ1v) is 10.2. The van der Waals surface area contributed by atoms with Gasteiger partial charge in [0.05, 0.1) is 10.0 Å². The molecule has 0 atom stereocenters. The molecule has 0 bridgehead atoms. The molecule has 0 aliphatic rings. The van der Waals surface area contributed by atoms with E-state index >= 15 is 0 Å². The summed E-state index contributed by atoms with van der Waals surface area (Å²) >= 11 is 18.2. The molecule has 0 N–H and O–H groups in total. The molecule has 0 unspecified atom stereocenters. The Kier molecular flexibility index (Phi) is 4.95. The van der Waals surface area contributed by atoms with Crippen molar-refractivity contribution in [2.24, 2.45) is 0 Å². The molecule has 3 aromatic heterocycles. The first-order valence-electron chi connectivity index (χ1n) is 9.08. The van der Waals surface area contributed by atoms with Gasteiger partial charge in [-0.05, 0) is 42.0 Å². The zero-order valence-electron chi connectivity index (χ0n) is 15.4. The van der Waals surface area contributed by atoms with Gasteiger partial charge in [-0.1, -0.05) is 64.2 Å². The van der Waals surface area contributed by atoms with Crippen LogP contribution in [0.1, 0.15) is 11.4 Å². The first kappa shape index (κ1) is 19.1. The number of hydrogen-bond acceptors (Lipinski definition) is 4. The molecule has 0 fully saturated rings.